The Kier molecular flexibility index (Phi) is 2.72. The van der Waals surface area contributed by atoms with E-state index in [2.05, 4.69) is 17.4 Å². The maximum absolute atomic E-state index is 11.9. The molecular formula is C16H21NO2. The zero-order chi connectivity index (χ0) is 13.7. The third-order valence-electron chi connectivity index (χ3n) is 4.90. The molecule has 19 heavy (non-hydrogen) atoms. The van der Waals surface area contributed by atoms with Gasteiger partial charge in [0.05, 0.1) is 5.41 Å². The molecule has 1 aromatic carbocycles. The first-order valence-electron chi connectivity index (χ1n) is 7.03. The van der Waals surface area contributed by atoms with Crippen LogP contribution in [0.1, 0.15) is 44.2 Å². The van der Waals surface area contributed by atoms with Gasteiger partial charge in [-0.05, 0) is 55.7 Å². The van der Waals surface area contributed by atoms with Gasteiger partial charge in [-0.2, -0.15) is 0 Å². The fourth-order valence-corrected chi connectivity index (χ4v) is 3.23. The first-order chi connectivity index (χ1) is 8.97. The van der Waals surface area contributed by atoms with Gasteiger partial charge in [-0.1, -0.05) is 18.6 Å². The molecule has 1 aromatic rings. The van der Waals surface area contributed by atoms with E-state index in [1.807, 2.05) is 19.9 Å². The molecule has 1 aliphatic carbocycles. The van der Waals surface area contributed by atoms with E-state index in [4.69, 9.17) is 0 Å². The van der Waals surface area contributed by atoms with Gasteiger partial charge in [0.25, 0.3) is 0 Å². The van der Waals surface area contributed by atoms with Crippen molar-refractivity contribution in [3.05, 3.63) is 29.3 Å². The highest BCUT2D eigenvalue weighted by Gasteiger charge is 2.40. The number of benzene rings is 1. The number of hydrogen-bond acceptors (Lipinski definition) is 2. The number of carbonyl (C=O) groups excluding carboxylic acids is 1. The average Bonchev–Trinajstić information content (AvgIpc) is 2.56. The summed E-state index contributed by atoms with van der Waals surface area (Å²) in [4.78, 5) is 11.9. The van der Waals surface area contributed by atoms with Crippen LogP contribution in [0.4, 0.5) is 5.69 Å². The Morgan fingerprint density at radius 1 is 1.32 bits per heavy atom. The summed E-state index contributed by atoms with van der Waals surface area (Å²) in [6.45, 7) is 4.19. The summed E-state index contributed by atoms with van der Waals surface area (Å²) in [6, 6.07) is 6.22. The molecule has 102 valence electrons. The molecule has 0 bridgehead atoms. The number of rotatable bonds is 3. The van der Waals surface area contributed by atoms with E-state index < -0.39 is 5.41 Å². The fourth-order valence-electron chi connectivity index (χ4n) is 3.23. The number of carbonyl (C=O) groups is 1. The minimum atomic E-state index is -0.447. The Bertz CT molecular complexity index is 524. The summed E-state index contributed by atoms with van der Waals surface area (Å²) < 4.78 is 0. The van der Waals surface area contributed by atoms with Crippen LogP contribution in [0.3, 0.4) is 0 Å². The molecule has 1 aliphatic heterocycles. The van der Waals surface area contributed by atoms with Crippen LogP contribution in [0.5, 0.6) is 0 Å². The van der Waals surface area contributed by atoms with Crippen molar-refractivity contribution in [3.8, 4) is 0 Å². The van der Waals surface area contributed by atoms with Gasteiger partial charge in [0.2, 0.25) is 5.91 Å². The van der Waals surface area contributed by atoms with Crippen molar-refractivity contribution in [2.45, 2.75) is 44.9 Å². The van der Waals surface area contributed by atoms with E-state index in [1.54, 1.807) is 0 Å². The van der Waals surface area contributed by atoms with Gasteiger partial charge in [0, 0.05) is 12.3 Å². The van der Waals surface area contributed by atoms with Crippen LogP contribution >= 0.6 is 0 Å². The van der Waals surface area contributed by atoms with Gasteiger partial charge in [-0.3, -0.25) is 4.79 Å². The summed E-state index contributed by atoms with van der Waals surface area (Å²) in [5.41, 5.74) is 2.90. The molecule has 0 saturated heterocycles. The van der Waals surface area contributed by atoms with E-state index in [0.29, 0.717) is 0 Å². The first kappa shape index (κ1) is 12.7. The molecule has 0 spiro atoms. The third-order valence-corrected chi connectivity index (χ3v) is 4.90. The normalized spacial score (nSPS) is 22.6. The number of aliphatic hydroxyl groups is 1. The monoisotopic (exact) mass is 259 g/mol. The SMILES string of the molecule is CC1(C)C(=O)Nc2ccc(CC3(CO)CCC3)cc21. The number of aliphatic hydroxyl groups excluding tert-OH is 1. The highest BCUT2D eigenvalue weighted by atomic mass is 16.3. The van der Waals surface area contributed by atoms with Gasteiger partial charge < -0.3 is 10.4 Å². The molecule has 0 aromatic heterocycles. The van der Waals surface area contributed by atoms with E-state index in [-0.39, 0.29) is 17.9 Å². The molecule has 1 heterocycles. The van der Waals surface area contributed by atoms with Crippen LogP contribution in [-0.4, -0.2) is 17.6 Å². The topological polar surface area (TPSA) is 49.3 Å². The van der Waals surface area contributed by atoms with E-state index in [0.717, 1.165) is 30.5 Å². The summed E-state index contributed by atoms with van der Waals surface area (Å²) in [5.74, 6) is 0.0696. The largest absolute Gasteiger partial charge is 0.396 e. The Labute approximate surface area is 114 Å². The summed E-state index contributed by atoms with van der Waals surface area (Å²) in [6.07, 6.45) is 4.36. The predicted octanol–water partition coefficient (Wildman–Crippen LogP) is 2.62. The highest BCUT2D eigenvalue weighted by Crippen LogP contribution is 2.44. The van der Waals surface area contributed by atoms with Gasteiger partial charge in [-0.25, -0.2) is 0 Å². The molecule has 0 atom stereocenters. The van der Waals surface area contributed by atoms with Gasteiger partial charge in [0.15, 0.2) is 0 Å². The number of hydrogen-bond donors (Lipinski definition) is 2. The molecule has 1 amide bonds. The van der Waals surface area contributed by atoms with Crippen LogP contribution in [0.25, 0.3) is 0 Å². The van der Waals surface area contributed by atoms with Gasteiger partial charge in [-0.15, -0.1) is 0 Å². The van der Waals surface area contributed by atoms with E-state index in [1.165, 1.54) is 12.0 Å². The van der Waals surface area contributed by atoms with Crippen molar-refractivity contribution >= 4 is 11.6 Å². The molecule has 0 unspecified atom stereocenters. The van der Waals surface area contributed by atoms with Crippen LogP contribution in [0.2, 0.25) is 0 Å². The quantitative estimate of drug-likeness (QED) is 0.876. The van der Waals surface area contributed by atoms with Crippen LogP contribution in [0.15, 0.2) is 18.2 Å². The lowest BCUT2D eigenvalue weighted by molar-refractivity contribution is -0.119. The second-order valence-corrected chi connectivity index (χ2v) is 6.65. The molecule has 1 saturated carbocycles. The van der Waals surface area contributed by atoms with Crippen LogP contribution in [0, 0.1) is 5.41 Å². The molecule has 3 nitrogen and oxygen atoms in total. The Balaban J connectivity index is 1.90. The maximum atomic E-state index is 11.9. The van der Waals surface area contributed by atoms with Crippen LogP contribution < -0.4 is 5.32 Å². The molecule has 0 radical (unpaired) electrons. The minimum absolute atomic E-state index is 0.0696. The van der Waals surface area contributed by atoms with E-state index >= 15 is 0 Å². The Morgan fingerprint density at radius 2 is 2.05 bits per heavy atom. The lowest BCUT2D eigenvalue weighted by atomic mass is 9.66. The molecular weight excluding hydrogens is 238 g/mol. The standard InChI is InChI=1S/C16H21NO2/c1-15(2)12-8-11(4-5-13(12)17-14(15)19)9-16(10-18)6-3-7-16/h4-5,8,18H,3,6-7,9-10H2,1-2H3,(H,17,19). The van der Waals surface area contributed by atoms with Crippen molar-refractivity contribution in [1.29, 1.82) is 0 Å². The smallest absolute Gasteiger partial charge is 0.234 e. The average molecular weight is 259 g/mol. The Hall–Kier alpha value is -1.35. The number of anilines is 1. The first-order valence-corrected chi connectivity index (χ1v) is 7.03. The zero-order valence-corrected chi connectivity index (χ0v) is 11.6. The molecule has 1 fully saturated rings. The lowest BCUT2D eigenvalue weighted by Crippen LogP contribution is -2.35. The number of amides is 1. The summed E-state index contributed by atoms with van der Waals surface area (Å²) in [7, 11) is 0. The molecule has 3 rings (SSSR count). The second kappa shape index (κ2) is 4.07. The Morgan fingerprint density at radius 3 is 2.63 bits per heavy atom. The van der Waals surface area contributed by atoms with Gasteiger partial charge in [0.1, 0.15) is 0 Å². The zero-order valence-electron chi connectivity index (χ0n) is 11.6. The molecule has 2 N–H and O–H groups in total. The van der Waals surface area contributed by atoms with Gasteiger partial charge >= 0.3 is 0 Å². The highest BCUT2D eigenvalue weighted by molar-refractivity contribution is 6.05. The molecule has 3 heteroatoms. The lowest BCUT2D eigenvalue weighted by Gasteiger charge is -2.40. The minimum Gasteiger partial charge on any atom is -0.396 e. The van der Waals surface area contributed by atoms with Crippen molar-refractivity contribution in [1.82, 2.24) is 0 Å². The second-order valence-electron chi connectivity index (χ2n) is 6.65. The maximum Gasteiger partial charge on any atom is 0.234 e. The summed E-state index contributed by atoms with van der Waals surface area (Å²) in [5, 5.41) is 12.5. The summed E-state index contributed by atoms with van der Waals surface area (Å²) >= 11 is 0. The number of nitrogens with one attached hydrogen (secondary N) is 1. The van der Waals surface area contributed by atoms with Crippen molar-refractivity contribution in [2.24, 2.45) is 5.41 Å². The third kappa shape index (κ3) is 1.88. The molecule has 2 aliphatic rings. The number of fused-ring (bicyclic) bond motifs is 1. The van der Waals surface area contributed by atoms with Crippen LogP contribution in [-0.2, 0) is 16.6 Å². The predicted molar refractivity (Wildman–Crippen MR) is 75.2 cm³/mol. The fraction of sp³-hybridized carbons (Fsp3) is 0.562. The van der Waals surface area contributed by atoms with Crippen molar-refractivity contribution in [2.75, 3.05) is 11.9 Å². The van der Waals surface area contributed by atoms with E-state index in [9.17, 15) is 9.90 Å². The van der Waals surface area contributed by atoms with Crippen molar-refractivity contribution < 1.29 is 9.90 Å². The van der Waals surface area contributed by atoms with Crippen molar-refractivity contribution in [3.63, 3.8) is 0 Å².